The fourth-order valence-electron chi connectivity index (χ4n) is 1.38. The van der Waals surface area contributed by atoms with Crippen LogP contribution in [0.15, 0.2) is 52.5 Å². The molecule has 0 aromatic carbocycles. The van der Waals surface area contributed by atoms with Gasteiger partial charge in [-0.05, 0) is 29.2 Å². The van der Waals surface area contributed by atoms with Crippen LogP contribution >= 0.6 is 11.3 Å². The lowest BCUT2D eigenvalue weighted by atomic mass is 10.0. The van der Waals surface area contributed by atoms with Gasteiger partial charge in [-0.1, -0.05) is 23.4 Å². The van der Waals surface area contributed by atoms with Crippen LogP contribution in [0.25, 0.3) is 5.57 Å². The second-order valence-electron chi connectivity index (χ2n) is 3.11. The van der Waals surface area contributed by atoms with Crippen LogP contribution in [0.3, 0.4) is 0 Å². The lowest BCUT2D eigenvalue weighted by molar-refractivity contribution is 0.320. The van der Waals surface area contributed by atoms with Crippen molar-refractivity contribution in [3.05, 3.63) is 52.3 Å². The van der Waals surface area contributed by atoms with E-state index in [2.05, 4.69) is 11.2 Å². The predicted molar refractivity (Wildman–Crippen MR) is 64.4 cm³/mol. The second kappa shape index (κ2) is 4.60. The summed E-state index contributed by atoms with van der Waals surface area (Å²) in [6, 6.07) is 6.01. The summed E-state index contributed by atoms with van der Waals surface area (Å²) in [5.41, 5.74) is 1.95. The van der Waals surface area contributed by atoms with Crippen LogP contribution < -0.4 is 0 Å². The predicted octanol–water partition coefficient (Wildman–Crippen LogP) is 2.98. The van der Waals surface area contributed by atoms with Crippen LogP contribution in [0.4, 0.5) is 0 Å². The molecule has 0 atom stereocenters. The largest absolute Gasteiger partial charge is 0.410 e. The van der Waals surface area contributed by atoms with Gasteiger partial charge in [0.05, 0.1) is 5.57 Å². The first-order valence-corrected chi connectivity index (χ1v) is 5.49. The second-order valence-corrected chi connectivity index (χ2v) is 4.06. The van der Waals surface area contributed by atoms with Gasteiger partial charge < -0.3 is 5.21 Å². The zero-order chi connectivity index (χ0) is 11.4. The Morgan fingerprint density at radius 2 is 2.06 bits per heavy atom. The van der Waals surface area contributed by atoms with E-state index in [1.807, 2.05) is 17.5 Å². The third-order valence-electron chi connectivity index (χ3n) is 2.15. The van der Waals surface area contributed by atoms with E-state index >= 15 is 0 Å². The molecule has 4 heteroatoms. The summed E-state index contributed by atoms with van der Waals surface area (Å²) in [4.78, 5) is 0.941. The molecule has 1 aromatic rings. The summed E-state index contributed by atoms with van der Waals surface area (Å²) in [6.45, 7) is 0. The van der Waals surface area contributed by atoms with Gasteiger partial charge in [-0.15, -0.1) is 11.3 Å². The summed E-state index contributed by atoms with van der Waals surface area (Å²) in [5, 5.41) is 22.7. The molecule has 0 bridgehead atoms. The zero-order valence-electron chi connectivity index (χ0n) is 8.29. The molecule has 0 amide bonds. The quantitative estimate of drug-likeness (QED) is 0.456. The van der Waals surface area contributed by atoms with Crippen molar-refractivity contribution >= 4 is 22.6 Å². The van der Waals surface area contributed by atoms with E-state index in [4.69, 9.17) is 10.5 Å². The van der Waals surface area contributed by atoms with Gasteiger partial charge in [-0.2, -0.15) is 5.26 Å². The van der Waals surface area contributed by atoms with Crippen molar-refractivity contribution in [2.45, 2.75) is 0 Å². The number of nitriles is 1. The van der Waals surface area contributed by atoms with Crippen molar-refractivity contribution in [3.8, 4) is 6.07 Å². The number of allylic oxidation sites excluding steroid dienone is 6. The van der Waals surface area contributed by atoms with Crippen molar-refractivity contribution in [1.82, 2.24) is 0 Å². The molecule has 0 fully saturated rings. The Bertz CT molecular complexity index is 524. The van der Waals surface area contributed by atoms with Gasteiger partial charge in [0.25, 0.3) is 0 Å². The smallest absolute Gasteiger partial charge is 0.102 e. The molecule has 78 valence electrons. The minimum atomic E-state index is 0.479. The van der Waals surface area contributed by atoms with Crippen LogP contribution in [0.1, 0.15) is 4.88 Å². The van der Waals surface area contributed by atoms with Crippen LogP contribution in [0.2, 0.25) is 0 Å². The van der Waals surface area contributed by atoms with Gasteiger partial charge in [0.1, 0.15) is 11.8 Å². The minimum absolute atomic E-state index is 0.479. The maximum atomic E-state index is 9.12. The summed E-state index contributed by atoms with van der Waals surface area (Å²) < 4.78 is 0. The van der Waals surface area contributed by atoms with Crippen LogP contribution in [-0.2, 0) is 0 Å². The van der Waals surface area contributed by atoms with Gasteiger partial charge in [0.15, 0.2) is 0 Å². The van der Waals surface area contributed by atoms with Crippen LogP contribution in [0.5, 0.6) is 0 Å². The highest BCUT2D eigenvalue weighted by molar-refractivity contribution is 7.11. The van der Waals surface area contributed by atoms with E-state index < -0.39 is 0 Å². The Hall–Kier alpha value is -2.12. The third kappa shape index (κ3) is 1.95. The number of hydrogen-bond acceptors (Lipinski definition) is 4. The Labute approximate surface area is 97.0 Å². The maximum absolute atomic E-state index is 9.12. The molecule has 16 heavy (non-hydrogen) atoms. The fraction of sp³-hybridized carbons (Fsp3) is 0. The van der Waals surface area contributed by atoms with Gasteiger partial charge >= 0.3 is 0 Å². The molecule has 0 radical (unpaired) electrons. The molecule has 0 saturated heterocycles. The van der Waals surface area contributed by atoms with Crippen molar-refractivity contribution in [2.24, 2.45) is 5.16 Å². The Morgan fingerprint density at radius 3 is 2.56 bits per heavy atom. The summed E-state index contributed by atoms with van der Waals surface area (Å²) in [5.74, 6) is 0. The number of nitrogens with zero attached hydrogens (tertiary/aromatic N) is 2. The molecule has 1 aromatic heterocycles. The maximum Gasteiger partial charge on any atom is 0.102 e. The topological polar surface area (TPSA) is 56.4 Å². The van der Waals surface area contributed by atoms with Crippen molar-refractivity contribution < 1.29 is 5.21 Å². The third-order valence-corrected chi connectivity index (χ3v) is 3.04. The minimum Gasteiger partial charge on any atom is -0.410 e. The van der Waals surface area contributed by atoms with Gasteiger partial charge in [0, 0.05) is 4.88 Å². The molecular formula is C12H8N2OS. The van der Waals surface area contributed by atoms with E-state index in [0.717, 1.165) is 10.5 Å². The molecule has 1 N–H and O–H groups in total. The average Bonchev–Trinajstić information content (AvgIpc) is 2.85. The van der Waals surface area contributed by atoms with Gasteiger partial charge in [0.2, 0.25) is 0 Å². The number of thiophene rings is 1. The van der Waals surface area contributed by atoms with E-state index in [1.165, 1.54) is 11.3 Å². The lowest BCUT2D eigenvalue weighted by Crippen LogP contribution is -1.94. The van der Waals surface area contributed by atoms with Gasteiger partial charge in [-0.25, -0.2) is 0 Å². The highest BCUT2D eigenvalue weighted by Gasteiger charge is 2.08. The number of hydrogen-bond donors (Lipinski definition) is 1. The molecular weight excluding hydrogens is 220 g/mol. The fourth-order valence-corrected chi connectivity index (χ4v) is 2.12. The highest BCUT2D eigenvalue weighted by Crippen LogP contribution is 2.25. The van der Waals surface area contributed by atoms with Crippen LogP contribution in [-0.4, -0.2) is 10.9 Å². The zero-order valence-corrected chi connectivity index (χ0v) is 9.11. The Kier molecular flexibility index (Phi) is 2.99. The molecule has 0 unspecified atom stereocenters. The van der Waals surface area contributed by atoms with Crippen LogP contribution in [0, 0.1) is 11.3 Å². The van der Waals surface area contributed by atoms with E-state index in [9.17, 15) is 0 Å². The molecule has 2 rings (SSSR count). The Balaban J connectivity index is 2.43. The first-order chi connectivity index (χ1) is 7.85. The van der Waals surface area contributed by atoms with Crippen molar-refractivity contribution in [3.63, 3.8) is 0 Å². The highest BCUT2D eigenvalue weighted by atomic mass is 32.1. The lowest BCUT2D eigenvalue weighted by Gasteiger charge is -2.03. The molecule has 0 saturated carbocycles. The molecule has 1 aliphatic carbocycles. The molecule has 1 heterocycles. The van der Waals surface area contributed by atoms with E-state index in [1.54, 1.807) is 24.3 Å². The van der Waals surface area contributed by atoms with E-state index in [0.29, 0.717) is 11.3 Å². The molecule has 0 spiro atoms. The molecule has 3 nitrogen and oxygen atoms in total. The van der Waals surface area contributed by atoms with E-state index in [-0.39, 0.29) is 0 Å². The number of oxime groups is 1. The van der Waals surface area contributed by atoms with Crippen molar-refractivity contribution in [2.75, 3.05) is 0 Å². The SMILES string of the molecule is N#CC(=C1C=CC(=NO)C=C1)c1cccs1. The molecule has 0 aliphatic heterocycles. The monoisotopic (exact) mass is 228 g/mol. The molecule has 1 aliphatic rings. The van der Waals surface area contributed by atoms with Crippen molar-refractivity contribution in [1.29, 1.82) is 5.26 Å². The standard InChI is InChI=1S/C12H8N2OS/c13-8-11(12-2-1-7-16-12)9-3-5-10(14-15)6-4-9/h1-7,15H. The first-order valence-electron chi connectivity index (χ1n) is 4.61. The number of rotatable bonds is 1. The summed E-state index contributed by atoms with van der Waals surface area (Å²) in [6.07, 6.45) is 6.88. The Morgan fingerprint density at radius 1 is 1.31 bits per heavy atom. The van der Waals surface area contributed by atoms with Gasteiger partial charge in [-0.3, -0.25) is 0 Å². The average molecular weight is 228 g/mol. The normalized spacial score (nSPS) is 13.7. The summed E-state index contributed by atoms with van der Waals surface area (Å²) in [7, 11) is 0. The first kappa shape index (κ1) is 10.4. The summed E-state index contributed by atoms with van der Waals surface area (Å²) >= 11 is 1.53.